The van der Waals surface area contributed by atoms with E-state index in [9.17, 15) is 8.42 Å². The average Bonchev–Trinajstić information content (AvgIpc) is 2.23. The van der Waals surface area contributed by atoms with Gasteiger partial charge in [0.2, 0.25) is 10.0 Å². The molecule has 1 fully saturated rings. The summed E-state index contributed by atoms with van der Waals surface area (Å²) in [4.78, 5) is 0. The van der Waals surface area contributed by atoms with Gasteiger partial charge in [-0.3, -0.25) is 0 Å². The van der Waals surface area contributed by atoms with Crippen LogP contribution in [-0.4, -0.2) is 15.0 Å². The summed E-state index contributed by atoms with van der Waals surface area (Å²) in [5, 5.41) is 0. The van der Waals surface area contributed by atoms with Gasteiger partial charge in [-0.25, -0.2) is 13.1 Å². The van der Waals surface area contributed by atoms with Gasteiger partial charge < -0.3 is 5.73 Å². The summed E-state index contributed by atoms with van der Waals surface area (Å²) in [5.74, 6) is -0.00583. The molecule has 3 N–H and O–H groups in total. The maximum Gasteiger partial charge on any atom is 0.215 e. The molecule has 0 unspecified atom stereocenters. The first kappa shape index (κ1) is 13.4. The highest BCUT2D eigenvalue weighted by atomic mass is 32.2. The van der Waals surface area contributed by atoms with Crippen molar-refractivity contribution in [2.75, 3.05) is 12.3 Å². The molecule has 2 rings (SSSR count). The van der Waals surface area contributed by atoms with Crippen LogP contribution in [-0.2, 0) is 15.8 Å². The van der Waals surface area contributed by atoms with Gasteiger partial charge in [0.05, 0.1) is 5.75 Å². The van der Waals surface area contributed by atoms with Crippen molar-refractivity contribution in [2.24, 2.45) is 5.41 Å². The first-order valence-corrected chi connectivity index (χ1v) is 7.86. The molecule has 1 saturated carbocycles. The first-order valence-electron chi connectivity index (χ1n) is 6.20. The number of anilines is 1. The van der Waals surface area contributed by atoms with Gasteiger partial charge in [0, 0.05) is 12.2 Å². The monoisotopic (exact) mass is 268 g/mol. The predicted molar refractivity (Wildman–Crippen MR) is 73.4 cm³/mol. The molecular formula is C13H20N2O2S. The fourth-order valence-electron chi connectivity index (χ4n) is 2.19. The van der Waals surface area contributed by atoms with Crippen molar-refractivity contribution in [3.05, 3.63) is 29.8 Å². The maximum absolute atomic E-state index is 11.9. The molecule has 0 saturated heterocycles. The molecular weight excluding hydrogens is 248 g/mol. The van der Waals surface area contributed by atoms with Crippen molar-refractivity contribution in [3.8, 4) is 0 Å². The van der Waals surface area contributed by atoms with Gasteiger partial charge >= 0.3 is 0 Å². The van der Waals surface area contributed by atoms with E-state index in [0.717, 1.165) is 18.4 Å². The lowest BCUT2D eigenvalue weighted by atomic mass is 9.71. The van der Waals surface area contributed by atoms with E-state index in [4.69, 9.17) is 5.73 Å². The van der Waals surface area contributed by atoms with Crippen LogP contribution in [0.5, 0.6) is 0 Å². The molecule has 0 radical (unpaired) electrons. The summed E-state index contributed by atoms with van der Waals surface area (Å²) in [6.07, 6.45) is 3.41. The van der Waals surface area contributed by atoms with E-state index < -0.39 is 10.0 Å². The molecule has 1 aliphatic rings. The van der Waals surface area contributed by atoms with Gasteiger partial charge in [-0.1, -0.05) is 25.5 Å². The highest BCUT2D eigenvalue weighted by molar-refractivity contribution is 7.88. The minimum absolute atomic E-state index is 0.00583. The molecule has 0 heterocycles. The molecule has 0 bridgehead atoms. The largest absolute Gasteiger partial charge is 0.399 e. The summed E-state index contributed by atoms with van der Waals surface area (Å²) in [7, 11) is -3.27. The lowest BCUT2D eigenvalue weighted by Gasteiger charge is -2.38. The quantitative estimate of drug-likeness (QED) is 0.801. The molecule has 1 aromatic carbocycles. The fourth-order valence-corrected chi connectivity index (χ4v) is 3.48. The van der Waals surface area contributed by atoms with Crippen LogP contribution in [0.1, 0.15) is 31.7 Å². The number of rotatable bonds is 5. The van der Waals surface area contributed by atoms with Crippen LogP contribution in [0.2, 0.25) is 0 Å². The van der Waals surface area contributed by atoms with Crippen molar-refractivity contribution in [1.82, 2.24) is 4.72 Å². The Morgan fingerprint density at radius 3 is 2.67 bits per heavy atom. The molecule has 1 aliphatic carbocycles. The van der Waals surface area contributed by atoms with Crippen LogP contribution in [0, 0.1) is 5.41 Å². The summed E-state index contributed by atoms with van der Waals surface area (Å²) in [6, 6.07) is 7.00. The summed E-state index contributed by atoms with van der Waals surface area (Å²) < 4.78 is 26.6. The highest BCUT2D eigenvalue weighted by Crippen LogP contribution is 2.39. The van der Waals surface area contributed by atoms with Gasteiger partial charge in [-0.15, -0.1) is 0 Å². The zero-order valence-corrected chi connectivity index (χ0v) is 11.5. The topological polar surface area (TPSA) is 72.2 Å². The van der Waals surface area contributed by atoms with Crippen LogP contribution in [0.25, 0.3) is 0 Å². The van der Waals surface area contributed by atoms with Gasteiger partial charge in [0.25, 0.3) is 0 Å². The van der Waals surface area contributed by atoms with Crippen LogP contribution in [0.3, 0.4) is 0 Å². The molecule has 0 spiro atoms. The van der Waals surface area contributed by atoms with E-state index in [1.54, 1.807) is 24.3 Å². The Balaban J connectivity index is 1.95. The van der Waals surface area contributed by atoms with E-state index in [1.165, 1.54) is 6.42 Å². The van der Waals surface area contributed by atoms with Crippen molar-refractivity contribution in [1.29, 1.82) is 0 Å². The molecule has 0 aromatic heterocycles. The third-order valence-corrected chi connectivity index (χ3v) is 4.88. The Bertz CT molecular complexity index is 522. The number of nitrogen functional groups attached to an aromatic ring is 1. The number of sulfonamides is 1. The molecule has 0 amide bonds. The Morgan fingerprint density at radius 1 is 1.39 bits per heavy atom. The van der Waals surface area contributed by atoms with E-state index in [1.807, 2.05) is 0 Å². The Labute approximate surface area is 109 Å². The summed E-state index contributed by atoms with van der Waals surface area (Å²) in [5.41, 5.74) is 7.11. The molecule has 1 aromatic rings. The van der Waals surface area contributed by atoms with Crippen LogP contribution < -0.4 is 10.5 Å². The van der Waals surface area contributed by atoms with Gasteiger partial charge in [0.15, 0.2) is 0 Å². The molecule has 5 heteroatoms. The van der Waals surface area contributed by atoms with Gasteiger partial charge in [-0.05, 0) is 36.0 Å². The second-order valence-electron chi connectivity index (χ2n) is 5.49. The average molecular weight is 268 g/mol. The predicted octanol–water partition coefficient (Wildman–Crippen LogP) is 1.88. The van der Waals surface area contributed by atoms with E-state index in [2.05, 4.69) is 11.6 Å². The Kier molecular flexibility index (Phi) is 3.64. The minimum Gasteiger partial charge on any atom is -0.399 e. The lowest BCUT2D eigenvalue weighted by Crippen LogP contribution is -2.40. The van der Waals surface area contributed by atoms with Crippen molar-refractivity contribution >= 4 is 15.7 Å². The SMILES string of the molecule is CC1(CNS(=O)(=O)Cc2cccc(N)c2)CCC1. The number of nitrogens with two attached hydrogens (primary N) is 1. The zero-order valence-electron chi connectivity index (χ0n) is 10.6. The van der Waals surface area contributed by atoms with Gasteiger partial charge in [-0.2, -0.15) is 0 Å². The van der Waals surface area contributed by atoms with Crippen molar-refractivity contribution < 1.29 is 8.42 Å². The highest BCUT2D eigenvalue weighted by Gasteiger charge is 2.32. The van der Waals surface area contributed by atoms with Crippen molar-refractivity contribution in [2.45, 2.75) is 31.9 Å². The summed E-state index contributed by atoms with van der Waals surface area (Å²) in [6.45, 7) is 2.66. The Hall–Kier alpha value is -1.07. The van der Waals surface area contributed by atoms with Crippen LogP contribution in [0.4, 0.5) is 5.69 Å². The number of benzene rings is 1. The minimum atomic E-state index is -3.27. The van der Waals surface area contributed by atoms with E-state index >= 15 is 0 Å². The van der Waals surface area contributed by atoms with E-state index in [-0.39, 0.29) is 11.2 Å². The Morgan fingerprint density at radius 2 is 2.11 bits per heavy atom. The molecule has 18 heavy (non-hydrogen) atoms. The van der Waals surface area contributed by atoms with Crippen LogP contribution >= 0.6 is 0 Å². The second-order valence-corrected chi connectivity index (χ2v) is 7.30. The normalized spacial score (nSPS) is 18.3. The van der Waals surface area contributed by atoms with E-state index in [0.29, 0.717) is 12.2 Å². The maximum atomic E-state index is 11.9. The molecule has 0 atom stereocenters. The first-order chi connectivity index (χ1) is 8.39. The fraction of sp³-hybridized carbons (Fsp3) is 0.538. The second kappa shape index (κ2) is 4.90. The summed E-state index contributed by atoms with van der Waals surface area (Å²) >= 11 is 0. The molecule has 100 valence electrons. The third kappa shape index (κ3) is 3.46. The smallest absolute Gasteiger partial charge is 0.215 e. The third-order valence-electron chi connectivity index (χ3n) is 3.59. The molecule has 0 aliphatic heterocycles. The number of nitrogens with one attached hydrogen (secondary N) is 1. The lowest BCUT2D eigenvalue weighted by molar-refractivity contribution is 0.166. The van der Waals surface area contributed by atoms with Gasteiger partial charge in [0.1, 0.15) is 0 Å². The van der Waals surface area contributed by atoms with Crippen LogP contribution in [0.15, 0.2) is 24.3 Å². The number of hydrogen-bond acceptors (Lipinski definition) is 3. The zero-order chi connectivity index (χ0) is 13.2. The number of hydrogen-bond donors (Lipinski definition) is 2. The van der Waals surface area contributed by atoms with Crippen molar-refractivity contribution in [3.63, 3.8) is 0 Å². The molecule has 4 nitrogen and oxygen atoms in total. The standard InChI is InChI=1S/C13H20N2O2S/c1-13(6-3-7-13)10-15-18(16,17)9-11-4-2-5-12(14)8-11/h2,4-5,8,15H,3,6-7,9-10,14H2,1H3.